The fourth-order valence-electron chi connectivity index (χ4n) is 4.57. The van der Waals surface area contributed by atoms with Gasteiger partial charge in [0.25, 0.3) is 10.1 Å². The zero-order valence-electron chi connectivity index (χ0n) is 24.9. The Morgan fingerprint density at radius 3 is 2.42 bits per heavy atom. The molecule has 14 heteroatoms. The van der Waals surface area contributed by atoms with Gasteiger partial charge >= 0.3 is 12.1 Å². The minimum atomic E-state index is -5.24. The molecule has 0 bridgehead atoms. The van der Waals surface area contributed by atoms with Crippen molar-refractivity contribution in [2.45, 2.75) is 107 Å². The van der Waals surface area contributed by atoms with Gasteiger partial charge in [-0.2, -0.15) is 21.6 Å². The summed E-state index contributed by atoms with van der Waals surface area (Å²) in [5.41, 5.74) is 0.825. The van der Waals surface area contributed by atoms with Crippen molar-refractivity contribution < 1.29 is 54.6 Å². The predicted molar refractivity (Wildman–Crippen MR) is 152 cm³/mol. The molecule has 0 saturated carbocycles. The van der Waals surface area contributed by atoms with Gasteiger partial charge in [0.05, 0.1) is 24.2 Å². The van der Waals surface area contributed by atoms with Gasteiger partial charge in [-0.25, -0.2) is 0 Å². The van der Waals surface area contributed by atoms with E-state index in [0.29, 0.717) is 6.42 Å². The van der Waals surface area contributed by atoms with Crippen LogP contribution in [0.15, 0.2) is 41.8 Å². The van der Waals surface area contributed by atoms with Crippen LogP contribution in [-0.2, 0) is 38.0 Å². The molecule has 0 spiro atoms. The lowest BCUT2D eigenvalue weighted by molar-refractivity contribution is -0.275. The second-order valence-corrected chi connectivity index (χ2v) is 12.0. The number of nitrogens with one attached hydrogen (secondary N) is 1. The highest BCUT2D eigenvalue weighted by atomic mass is 32.2. The van der Waals surface area contributed by atoms with Crippen molar-refractivity contribution in [3.8, 4) is 0 Å². The SMILES string of the molecule is C=CCOC1OC(COS(=O)(=O)c2ccc(C)cc2)C(O)C(OCCC(CCCCCCC)OC)C1NC(=O)C(F)(F)F. The summed E-state index contributed by atoms with van der Waals surface area (Å²) in [6.07, 6.45) is -3.86. The molecule has 1 aliphatic rings. The highest BCUT2D eigenvalue weighted by molar-refractivity contribution is 7.86. The topological polar surface area (TPSA) is 130 Å². The number of aliphatic hydroxyl groups excluding tert-OH is 1. The number of halogens is 3. The molecular formula is C29H44F3NO9S. The van der Waals surface area contributed by atoms with E-state index < -0.39 is 59.5 Å². The third kappa shape index (κ3) is 12.1. The van der Waals surface area contributed by atoms with E-state index >= 15 is 0 Å². The summed E-state index contributed by atoms with van der Waals surface area (Å²) < 4.78 is 92.8. The van der Waals surface area contributed by atoms with E-state index in [4.69, 9.17) is 23.1 Å². The molecule has 0 radical (unpaired) electrons. The molecule has 1 aromatic rings. The van der Waals surface area contributed by atoms with Crippen LogP contribution >= 0.6 is 0 Å². The van der Waals surface area contributed by atoms with Crippen molar-refractivity contribution in [3.63, 3.8) is 0 Å². The normalized spacial score (nSPS) is 23.6. The van der Waals surface area contributed by atoms with Gasteiger partial charge < -0.3 is 29.4 Å². The van der Waals surface area contributed by atoms with Crippen molar-refractivity contribution in [1.82, 2.24) is 5.32 Å². The van der Waals surface area contributed by atoms with Crippen LogP contribution in [0.3, 0.4) is 0 Å². The number of hydrogen-bond acceptors (Lipinski definition) is 9. The first-order valence-corrected chi connectivity index (χ1v) is 15.8. The number of carbonyl (C=O) groups is 1. The molecule has 0 aliphatic carbocycles. The van der Waals surface area contributed by atoms with Crippen LogP contribution in [0.4, 0.5) is 13.2 Å². The number of rotatable bonds is 19. The lowest BCUT2D eigenvalue weighted by Crippen LogP contribution is -2.66. The molecule has 246 valence electrons. The molecule has 43 heavy (non-hydrogen) atoms. The molecule has 1 aromatic carbocycles. The summed E-state index contributed by atoms with van der Waals surface area (Å²) in [4.78, 5) is 11.8. The first kappa shape index (κ1) is 37.1. The number of carbonyl (C=O) groups excluding carboxylic acids is 1. The standard InChI is InChI=1S/C29H44F3NO9S/c1-5-7-8-9-10-11-21(38-4)16-18-39-26-24(33-28(35)29(30,31)32)27(40-17-6-2)42-23(25(26)34)19-41-43(36,37)22-14-12-20(3)13-15-22/h6,12-15,21,23-27,34H,2,5,7-11,16-19H2,1,3-4H3,(H,33,35). The molecule has 1 fully saturated rings. The maximum atomic E-state index is 13.2. The lowest BCUT2D eigenvalue weighted by atomic mass is 9.96. The van der Waals surface area contributed by atoms with Crippen molar-refractivity contribution in [3.05, 3.63) is 42.5 Å². The van der Waals surface area contributed by atoms with Crippen molar-refractivity contribution in [1.29, 1.82) is 0 Å². The van der Waals surface area contributed by atoms with Crippen LogP contribution in [-0.4, -0.2) is 89.3 Å². The van der Waals surface area contributed by atoms with Gasteiger partial charge in [0, 0.05) is 13.7 Å². The van der Waals surface area contributed by atoms with E-state index in [1.54, 1.807) is 31.5 Å². The number of amides is 1. The average Bonchev–Trinajstić information content (AvgIpc) is 2.96. The predicted octanol–water partition coefficient (Wildman–Crippen LogP) is 4.19. The van der Waals surface area contributed by atoms with Crippen LogP contribution < -0.4 is 5.32 Å². The van der Waals surface area contributed by atoms with E-state index in [1.807, 2.05) is 0 Å². The largest absolute Gasteiger partial charge is 0.471 e. The second-order valence-electron chi connectivity index (χ2n) is 10.4. The van der Waals surface area contributed by atoms with Crippen molar-refractivity contribution >= 4 is 16.0 Å². The molecule has 1 amide bonds. The molecule has 2 rings (SSSR count). The molecule has 1 aliphatic heterocycles. The fraction of sp³-hybridized carbons (Fsp3) is 0.690. The number of benzene rings is 1. The summed E-state index contributed by atoms with van der Waals surface area (Å²) >= 11 is 0. The second kappa shape index (κ2) is 18.0. The molecule has 10 nitrogen and oxygen atoms in total. The first-order valence-electron chi connectivity index (χ1n) is 14.4. The average molecular weight is 640 g/mol. The summed E-state index contributed by atoms with van der Waals surface area (Å²) in [6, 6.07) is 4.26. The third-order valence-electron chi connectivity index (χ3n) is 7.02. The highest BCUT2D eigenvalue weighted by Gasteiger charge is 2.50. The molecule has 6 atom stereocenters. The molecule has 6 unspecified atom stereocenters. The first-order chi connectivity index (χ1) is 20.3. The Bertz CT molecular complexity index is 1090. The van der Waals surface area contributed by atoms with Gasteiger partial charge in [-0.3, -0.25) is 8.98 Å². The quantitative estimate of drug-likeness (QED) is 0.130. The Hall–Kier alpha value is -2.07. The van der Waals surface area contributed by atoms with Crippen LogP contribution in [0.1, 0.15) is 57.4 Å². The van der Waals surface area contributed by atoms with E-state index in [1.165, 1.54) is 18.2 Å². The van der Waals surface area contributed by atoms with Gasteiger partial charge in [-0.15, -0.1) is 6.58 Å². The molecule has 2 N–H and O–H groups in total. The Balaban J connectivity index is 2.21. The van der Waals surface area contributed by atoms with E-state index in [-0.39, 0.29) is 24.2 Å². The third-order valence-corrected chi connectivity index (χ3v) is 8.31. The molecular weight excluding hydrogens is 595 g/mol. The smallest absolute Gasteiger partial charge is 0.388 e. The van der Waals surface area contributed by atoms with Crippen LogP contribution in [0, 0.1) is 6.92 Å². The summed E-state index contributed by atoms with van der Waals surface area (Å²) in [5.74, 6) is -2.28. The van der Waals surface area contributed by atoms with Gasteiger partial charge in [0.2, 0.25) is 0 Å². The van der Waals surface area contributed by atoms with E-state index in [0.717, 1.165) is 44.1 Å². The number of alkyl halides is 3. The minimum absolute atomic E-state index is 0.0446. The fourth-order valence-corrected chi connectivity index (χ4v) is 5.49. The van der Waals surface area contributed by atoms with Gasteiger partial charge in [-0.05, 0) is 31.9 Å². The Kier molecular flexibility index (Phi) is 15.6. The maximum absolute atomic E-state index is 13.2. The van der Waals surface area contributed by atoms with E-state index in [9.17, 15) is 31.5 Å². The number of unbranched alkanes of at least 4 members (excludes halogenated alkanes) is 4. The maximum Gasteiger partial charge on any atom is 0.471 e. The van der Waals surface area contributed by atoms with Crippen molar-refractivity contribution in [2.75, 3.05) is 26.9 Å². The van der Waals surface area contributed by atoms with Gasteiger partial charge in [-0.1, -0.05) is 62.8 Å². The summed E-state index contributed by atoms with van der Waals surface area (Å²) in [6.45, 7) is 6.47. The lowest BCUT2D eigenvalue weighted by Gasteiger charge is -2.44. The zero-order chi connectivity index (χ0) is 32.0. The highest BCUT2D eigenvalue weighted by Crippen LogP contribution is 2.28. The number of hydrogen-bond donors (Lipinski definition) is 2. The number of methoxy groups -OCH3 is 1. The number of aryl methyl sites for hydroxylation is 1. The Morgan fingerprint density at radius 2 is 1.81 bits per heavy atom. The zero-order valence-corrected chi connectivity index (χ0v) is 25.7. The summed E-state index contributed by atoms with van der Waals surface area (Å²) in [5, 5.41) is 12.9. The molecule has 1 heterocycles. The van der Waals surface area contributed by atoms with E-state index in [2.05, 4.69) is 13.5 Å². The Morgan fingerprint density at radius 1 is 1.14 bits per heavy atom. The van der Waals surface area contributed by atoms with Crippen LogP contribution in [0.2, 0.25) is 0 Å². The Labute approximate surface area is 252 Å². The number of ether oxygens (including phenoxy) is 4. The molecule has 0 aromatic heterocycles. The monoisotopic (exact) mass is 639 g/mol. The van der Waals surface area contributed by atoms with Gasteiger partial charge in [0.15, 0.2) is 6.29 Å². The van der Waals surface area contributed by atoms with Crippen LogP contribution in [0.5, 0.6) is 0 Å². The summed E-state index contributed by atoms with van der Waals surface area (Å²) in [7, 11) is -2.73. The minimum Gasteiger partial charge on any atom is -0.388 e. The van der Waals surface area contributed by atoms with Crippen molar-refractivity contribution in [2.24, 2.45) is 0 Å². The van der Waals surface area contributed by atoms with Crippen LogP contribution in [0.25, 0.3) is 0 Å². The van der Waals surface area contributed by atoms with Gasteiger partial charge in [0.1, 0.15) is 24.4 Å². The molecule has 1 saturated heterocycles. The number of aliphatic hydroxyl groups is 1.